The van der Waals surface area contributed by atoms with Crippen molar-refractivity contribution in [3.05, 3.63) is 0 Å². The lowest BCUT2D eigenvalue weighted by atomic mass is 9.85. The van der Waals surface area contributed by atoms with Gasteiger partial charge in [-0.2, -0.15) is 0 Å². The van der Waals surface area contributed by atoms with Crippen LogP contribution in [-0.2, 0) is 0 Å². The Morgan fingerprint density at radius 1 is 1.36 bits per heavy atom. The van der Waals surface area contributed by atoms with Crippen LogP contribution in [0.2, 0.25) is 0 Å². The van der Waals surface area contributed by atoms with Crippen LogP contribution >= 0.6 is 0 Å². The van der Waals surface area contributed by atoms with Gasteiger partial charge in [0.2, 0.25) is 0 Å². The van der Waals surface area contributed by atoms with Crippen molar-refractivity contribution in [3.63, 3.8) is 0 Å². The Balaban J connectivity index is 1.61. The van der Waals surface area contributed by atoms with E-state index in [0.717, 1.165) is 12.0 Å². The second kappa shape index (κ2) is 2.48. The normalized spacial score (nSPS) is 34.9. The molecule has 64 valence electrons. The predicted octanol–water partition coefficient (Wildman–Crippen LogP) is 2.17. The Hall–Kier alpha value is -0.0400. The first kappa shape index (κ1) is 7.60. The van der Waals surface area contributed by atoms with Crippen LogP contribution in [0, 0.1) is 11.3 Å². The van der Waals surface area contributed by atoms with Gasteiger partial charge in [-0.25, -0.2) is 0 Å². The third-order valence-corrected chi connectivity index (χ3v) is 3.39. The van der Waals surface area contributed by atoms with E-state index in [2.05, 4.69) is 19.2 Å². The number of hydrogen-bond acceptors (Lipinski definition) is 1. The van der Waals surface area contributed by atoms with Gasteiger partial charge in [0, 0.05) is 6.04 Å². The second-order valence-corrected chi connectivity index (χ2v) is 4.95. The van der Waals surface area contributed by atoms with E-state index in [1.165, 1.54) is 32.2 Å². The van der Waals surface area contributed by atoms with Crippen molar-refractivity contribution in [3.8, 4) is 0 Å². The quantitative estimate of drug-likeness (QED) is 0.655. The Labute approximate surface area is 69.6 Å². The fourth-order valence-electron chi connectivity index (χ4n) is 1.82. The van der Waals surface area contributed by atoms with Crippen LogP contribution in [0.3, 0.4) is 0 Å². The van der Waals surface area contributed by atoms with Gasteiger partial charge in [-0.05, 0) is 37.1 Å². The molecule has 2 aliphatic rings. The Kier molecular flexibility index (Phi) is 1.71. The maximum atomic E-state index is 3.65. The summed E-state index contributed by atoms with van der Waals surface area (Å²) >= 11 is 0. The molecular weight excluding hydrogens is 134 g/mol. The summed E-state index contributed by atoms with van der Waals surface area (Å²) in [4.78, 5) is 0. The highest BCUT2D eigenvalue weighted by atomic mass is 15.0. The summed E-state index contributed by atoms with van der Waals surface area (Å²) in [6.07, 6.45) is 5.81. The van der Waals surface area contributed by atoms with Gasteiger partial charge in [0.25, 0.3) is 0 Å². The molecule has 2 fully saturated rings. The summed E-state index contributed by atoms with van der Waals surface area (Å²) in [6.45, 7) is 5.99. The zero-order valence-corrected chi connectivity index (χ0v) is 7.69. The minimum atomic E-state index is 0.615. The van der Waals surface area contributed by atoms with E-state index in [1.807, 2.05) is 0 Å². The zero-order valence-electron chi connectivity index (χ0n) is 7.69. The smallest absolute Gasteiger partial charge is 0.0125 e. The third-order valence-electron chi connectivity index (χ3n) is 3.39. The summed E-state index contributed by atoms with van der Waals surface area (Å²) in [5, 5.41) is 3.65. The molecule has 0 aromatic carbocycles. The third kappa shape index (κ3) is 1.58. The zero-order chi connectivity index (χ0) is 7.90. The number of nitrogens with one attached hydrogen (secondary N) is 1. The molecule has 0 bridgehead atoms. The molecule has 2 rings (SSSR count). The maximum Gasteiger partial charge on any atom is 0.0125 e. The largest absolute Gasteiger partial charge is 0.313 e. The van der Waals surface area contributed by atoms with Gasteiger partial charge >= 0.3 is 0 Å². The van der Waals surface area contributed by atoms with Crippen molar-refractivity contribution >= 4 is 0 Å². The lowest BCUT2D eigenvalue weighted by molar-refractivity contribution is 0.296. The van der Waals surface area contributed by atoms with E-state index in [4.69, 9.17) is 0 Å². The molecular formula is C10H19N. The van der Waals surface area contributed by atoms with E-state index < -0.39 is 0 Å². The van der Waals surface area contributed by atoms with E-state index in [-0.39, 0.29) is 0 Å². The van der Waals surface area contributed by atoms with Crippen LogP contribution in [-0.4, -0.2) is 12.6 Å². The fourth-order valence-corrected chi connectivity index (χ4v) is 1.82. The summed E-state index contributed by atoms with van der Waals surface area (Å²) < 4.78 is 0. The maximum absolute atomic E-state index is 3.65. The van der Waals surface area contributed by atoms with Crippen LogP contribution in [0.5, 0.6) is 0 Å². The van der Waals surface area contributed by atoms with E-state index >= 15 is 0 Å². The Bertz CT molecular complexity index is 147. The Morgan fingerprint density at radius 2 is 2.00 bits per heavy atom. The standard InChI is InChI=1S/C10H19N/c1-10(2)6-9(10)11-7-8-4-3-5-8/h8-9,11H,3-7H2,1-2H3. The van der Waals surface area contributed by atoms with Gasteiger partial charge in [-0.3, -0.25) is 0 Å². The predicted molar refractivity (Wildman–Crippen MR) is 47.5 cm³/mol. The van der Waals surface area contributed by atoms with Crippen LogP contribution in [0.1, 0.15) is 39.5 Å². The molecule has 0 saturated heterocycles. The molecule has 1 nitrogen and oxygen atoms in total. The molecule has 2 aliphatic carbocycles. The highest BCUT2D eigenvalue weighted by Crippen LogP contribution is 2.44. The minimum Gasteiger partial charge on any atom is -0.313 e. The number of hydrogen-bond donors (Lipinski definition) is 1. The van der Waals surface area contributed by atoms with Crippen molar-refractivity contribution in [1.82, 2.24) is 5.32 Å². The van der Waals surface area contributed by atoms with Crippen LogP contribution in [0.4, 0.5) is 0 Å². The lowest BCUT2D eigenvalue weighted by Crippen LogP contribution is -2.30. The van der Waals surface area contributed by atoms with Gasteiger partial charge in [-0.15, -0.1) is 0 Å². The summed E-state index contributed by atoms with van der Waals surface area (Å²) in [7, 11) is 0. The molecule has 11 heavy (non-hydrogen) atoms. The van der Waals surface area contributed by atoms with E-state index in [0.29, 0.717) is 5.41 Å². The highest BCUT2D eigenvalue weighted by Gasteiger charge is 2.45. The highest BCUT2D eigenvalue weighted by molar-refractivity contribution is 5.01. The van der Waals surface area contributed by atoms with Crippen molar-refractivity contribution in [2.45, 2.75) is 45.6 Å². The molecule has 0 heterocycles. The van der Waals surface area contributed by atoms with Crippen LogP contribution in [0.15, 0.2) is 0 Å². The van der Waals surface area contributed by atoms with Gasteiger partial charge in [0.05, 0.1) is 0 Å². The molecule has 0 aliphatic heterocycles. The SMILES string of the molecule is CC1(C)CC1NCC1CCC1. The van der Waals surface area contributed by atoms with Gasteiger partial charge < -0.3 is 5.32 Å². The topological polar surface area (TPSA) is 12.0 Å². The van der Waals surface area contributed by atoms with Gasteiger partial charge in [0.1, 0.15) is 0 Å². The van der Waals surface area contributed by atoms with Crippen LogP contribution < -0.4 is 5.32 Å². The van der Waals surface area contributed by atoms with E-state index in [9.17, 15) is 0 Å². The first-order valence-electron chi connectivity index (χ1n) is 4.92. The van der Waals surface area contributed by atoms with Crippen LogP contribution in [0.25, 0.3) is 0 Å². The molecule has 1 unspecified atom stereocenters. The molecule has 0 amide bonds. The average Bonchev–Trinajstić information content (AvgIpc) is 2.36. The fraction of sp³-hybridized carbons (Fsp3) is 1.00. The molecule has 0 aromatic heterocycles. The van der Waals surface area contributed by atoms with E-state index in [1.54, 1.807) is 0 Å². The molecule has 0 aromatic rings. The minimum absolute atomic E-state index is 0.615. The van der Waals surface area contributed by atoms with Gasteiger partial charge in [0.15, 0.2) is 0 Å². The monoisotopic (exact) mass is 153 g/mol. The summed E-state index contributed by atoms with van der Waals surface area (Å²) in [5.74, 6) is 1.02. The molecule has 2 saturated carbocycles. The molecule has 0 radical (unpaired) electrons. The molecule has 1 atom stereocenters. The molecule has 0 spiro atoms. The second-order valence-electron chi connectivity index (χ2n) is 4.95. The van der Waals surface area contributed by atoms with Crippen molar-refractivity contribution in [2.75, 3.05) is 6.54 Å². The molecule has 1 N–H and O–H groups in total. The number of rotatable bonds is 3. The lowest BCUT2D eigenvalue weighted by Gasteiger charge is -2.25. The average molecular weight is 153 g/mol. The Morgan fingerprint density at radius 3 is 2.36 bits per heavy atom. The van der Waals surface area contributed by atoms with Crippen molar-refractivity contribution in [1.29, 1.82) is 0 Å². The summed E-state index contributed by atoms with van der Waals surface area (Å²) in [5.41, 5.74) is 0.615. The first-order valence-corrected chi connectivity index (χ1v) is 4.92. The van der Waals surface area contributed by atoms with Crippen molar-refractivity contribution in [2.24, 2.45) is 11.3 Å². The molecule has 1 heteroatoms. The summed E-state index contributed by atoms with van der Waals surface area (Å²) in [6, 6.07) is 0.836. The van der Waals surface area contributed by atoms with Gasteiger partial charge in [-0.1, -0.05) is 20.3 Å². The first-order chi connectivity index (χ1) is 5.18. The van der Waals surface area contributed by atoms with Crippen molar-refractivity contribution < 1.29 is 0 Å².